The number of aldehydes is 1. The van der Waals surface area contributed by atoms with Crippen LogP contribution in [0.5, 0.6) is 0 Å². The zero-order valence-electron chi connectivity index (χ0n) is 7.46. The van der Waals surface area contributed by atoms with Crippen molar-refractivity contribution in [2.75, 3.05) is 5.33 Å². The molecule has 0 saturated heterocycles. The number of nitriles is 1. The minimum atomic E-state index is -0.257. The number of Topliss-reactive ketones (excluding diaryl/α,β-unsaturated/α-hetero) is 1. The fourth-order valence-electron chi connectivity index (χ4n) is 1.17. The summed E-state index contributed by atoms with van der Waals surface area (Å²) in [4.78, 5) is 22.3. The Kier molecular flexibility index (Phi) is 4.42. The number of ketones is 1. The Morgan fingerprint density at radius 1 is 1.60 bits per heavy atom. The maximum Gasteiger partial charge on any atom is 0.175 e. The Morgan fingerprint density at radius 2 is 2.27 bits per heavy atom. The summed E-state index contributed by atoms with van der Waals surface area (Å²) >= 11 is 4.99. The minimum Gasteiger partial charge on any atom is -0.298 e. The van der Waals surface area contributed by atoms with Crippen LogP contribution in [0.4, 0.5) is 0 Å². The van der Waals surface area contributed by atoms with Gasteiger partial charge < -0.3 is 0 Å². The van der Waals surface area contributed by atoms with E-state index in [2.05, 4.69) is 15.9 Å². The standard InChI is InChI=1S/C10H5BrINO2/c11-3-9(15)10-6(5-14)1-2-8(12)7(10)4-13/h1-2,5H,3H2. The molecule has 76 valence electrons. The Labute approximate surface area is 109 Å². The second-order valence-electron chi connectivity index (χ2n) is 2.67. The number of nitrogens with zero attached hydrogens (tertiary/aromatic N) is 1. The lowest BCUT2D eigenvalue weighted by Crippen LogP contribution is -2.08. The second-order valence-corrected chi connectivity index (χ2v) is 4.40. The molecule has 5 heteroatoms. The first-order valence-electron chi connectivity index (χ1n) is 3.92. The average molecular weight is 378 g/mol. The highest BCUT2D eigenvalue weighted by Crippen LogP contribution is 2.20. The van der Waals surface area contributed by atoms with Crippen LogP contribution in [0.15, 0.2) is 12.1 Å². The molecule has 0 N–H and O–H groups in total. The molecule has 3 nitrogen and oxygen atoms in total. The van der Waals surface area contributed by atoms with Gasteiger partial charge in [0.15, 0.2) is 12.1 Å². The zero-order chi connectivity index (χ0) is 11.4. The molecule has 15 heavy (non-hydrogen) atoms. The van der Waals surface area contributed by atoms with E-state index >= 15 is 0 Å². The van der Waals surface area contributed by atoms with Crippen LogP contribution in [-0.2, 0) is 0 Å². The molecule has 1 aromatic carbocycles. The van der Waals surface area contributed by atoms with Crippen molar-refractivity contribution in [3.8, 4) is 6.07 Å². The van der Waals surface area contributed by atoms with Gasteiger partial charge in [-0.25, -0.2) is 0 Å². The minimum absolute atomic E-state index is 0.0998. The van der Waals surface area contributed by atoms with Crippen molar-refractivity contribution in [3.05, 3.63) is 32.4 Å². The molecule has 0 amide bonds. The first-order chi connectivity index (χ1) is 7.15. The van der Waals surface area contributed by atoms with E-state index in [4.69, 9.17) is 5.26 Å². The molecule has 0 spiro atoms. The van der Waals surface area contributed by atoms with Gasteiger partial charge >= 0.3 is 0 Å². The molecule has 0 fully saturated rings. The Bertz CT molecular complexity index is 465. The molecule has 0 bridgehead atoms. The number of benzene rings is 1. The van der Waals surface area contributed by atoms with E-state index in [1.807, 2.05) is 28.7 Å². The van der Waals surface area contributed by atoms with E-state index in [9.17, 15) is 9.59 Å². The van der Waals surface area contributed by atoms with E-state index in [0.717, 1.165) is 0 Å². The van der Waals surface area contributed by atoms with Crippen LogP contribution < -0.4 is 0 Å². The molecule has 1 aromatic rings. The predicted molar refractivity (Wildman–Crippen MR) is 67.4 cm³/mol. The van der Waals surface area contributed by atoms with Gasteiger partial charge in [-0.3, -0.25) is 9.59 Å². The van der Waals surface area contributed by atoms with Gasteiger partial charge in [0.2, 0.25) is 0 Å². The largest absolute Gasteiger partial charge is 0.298 e. The number of alkyl halides is 1. The van der Waals surface area contributed by atoms with E-state index in [-0.39, 0.29) is 27.8 Å². The maximum absolute atomic E-state index is 11.6. The van der Waals surface area contributed by atoms with E-state index in [1.54, 1.807) is 12.1 Å². The fraction of sp³-hybridized carbons (Fsp3) is 0.100. The molecule has 0 aliphatic carbocycles. The van der Waals surface area contributed by atoms with Crippen molar-refractivity contribution >= 4 is 50.6 Å². The first-order valence-corrected chi connectivity index (χ1v) is 6.12. The highest BCUT2D eigenvalue weighted by molar-refractivity contribution is 14.1. The third-order valence-corrected chi connectivity index (χ3v) is 3.23. The summed E-state index contributed by atoms with van der Waals surface area (Å²) < 4.78 is 0.671. The number of hydrogen-bond acceptors (Lipinski definition) is 3. The van der Waals surface area contributed by atoms with Crippen molar-refractivity contribution in [1.82, 2.24) is 0 Å². The summed E-state index contributed by atoms with van der Waals surface area (Å²) in [5, 5.41) is 9.03. The van der Waals surface area contributed by atoms with Crippen LogP contribution in [0, 0.1) is 14.9 Å². The number of carbonyl (C=O) groups is 2. The third-order valence-electron chi connectivity index (χ3n) is 1.83. The van der Waals surface area contributed by atoms with Crippen molar-refractivity contribution in [3.63, 3.8) is 0 Å². The van der Waals surface area contributed by atoms with Gasteiger partial charge in [-0.15, -0.1) is 0 Å². The van der Waals surface area contributed by atoms with E-state index in [1.165, 1.54) is 0 Å². The summed E-state index contributed by atoms with van der Waals surface area (Å²) in [6.07, 6.45) is 0.590. The molecular weight excluding hydrogens is 373 g/mol. The summed E-state index contributed by atoms with van der Waals surface area (Å²) in [5.74, 6) is -0.257. The van der Waals surface area contributed by atoms with Crippen LogP contribution in [0.2, 0.25) is 0 Å². The summed E-state index contributed by atoms with van der Waals surface area (Å²) in [6, 6.07) is 5.14. The van der Waals surface area contributed by atoms with E-state index in [0.29, 0.717) is 9.86 Å². The van der Waals surface area contributed by atoms with Gasteiger partial charge in [0.05, 0.1) is 10.9 Å². The van der Waals surface area contributed by atoms with Gasteiger partial charge in [-0.05, 0) is 34.7 Å². The quantitative estimate of drug-likeness (QED) is 0.352. The number of hydrogen-bond donors (Lipinski definition) is 0. The SMILES string of the molecule is N#Cc1c(I)ccc(C=O)c1C(=O)CBr. The number of carbonyl (C=O) groups excluding carboxylic acids is 2. The molecule has 0 atom stereocenters. The number of rotatable bonds is 3. The van der Waals surface area contributed by atoms with Gasteiger partial charge in [0, 0.05) is 14.7 Å². The van der Waals surface area contributed by atoms with Gasteiger partial charge in [-0.2, -0.15) is 5.26 Å². The molecule has 0 aromatic heterocycles. The Hall–Kier alpha value is -0.740. The molecule has 0 heterocycles. The molecule has 0 aliphatic heterocycles. The lowest BCUT2D eigenvalue weighted by atomic mass is 9.99. The number of halogens is 2. The van der Waals surface area contributed by atoms with Crippen LogP contribution >= 0.6 is 38.5 Å². The van der Waals surface area contributed by atoms with Gasteiger partial charge in [0.1, 0.15) is 6.07 Å². The van der Waals surface area contributed by atoms with Crippen molar-refractivity contribution < 1.29 is 9.59 Å². The summed E-state index contributed by atoms with van der Waals surface area (Å²) in [5.41, 5.74) is 0.734. The maximum atomic E-state index is 11.6. The van der Waals surface area contributed by atoms with Crippen molar-refractivity contribution in [1.29, 1.82) is 5.26 Å². The van der Waals surface area contributed by atoms with Crippen LogP contribution in [-0.4, -0.2) is 17.4 Å². The first kappa shape index (κ1) is 12.3. The van der Waals surface area contributed by atoms with Gasteiger partial charge in [0.25, 0.3) is 0 Å². The second kappa shape index (κ2) is 5.37. The molecular formula is C10H5BrINO2. The lowest BCUT2D eigenvalue weighted by Gasteiger charge is -2.05. The highest BCUT2D eigenvalue weighted by Gasteiger charge is 2.17. The normalized spacial score (nSPS) is 9.40. The van der Waals surface area contributed by atoms with Crippen molar-refractivity contribution in [2.45, 2.75) is 0 Å². The van der Waals surface area contributed by atoms with Crippen LogP contribution in [0.1, 0.15) is 26.3 Å². The third kappa shape index (κ3) is 2.44. The van der Waals surface area contributed by atoms with Gasteiger partial charge in [-0.1, -0.05) is 15.9 Å². The van der Waals surface area contributed by atoms with Crippen LogP contribution in [0.25, 0.3) is 0 Å². The average Bonchev–Trinajstić information content (AvgIpc) is 2.27. The smallest absolute Gasteiger partial charge is 0.175 e. The Morgan fingerprint density at radius 3 is 2.73 bits per heavy atom. The fourth-order valence-corrected chi connectivity index (χ4v) is 2.02. The molecule has 0 saturated carbocycles. The van der Waals surface area contributed by atoms with Crippen LogP contribution in [0.3, 0.4) is 0 Å². The zero-order valence-corrected chi connectivity index (χ0v) is 11.2. The monoisotopic (exact) mass is 377 g/mol. The molecule has 0 aliphatic rings. The Balaban J connectivity index is 3.56. The summed E-state index contributed by atoms with van der Waals surface area (Å²) in [7, 11) is 0. The molecule has 0 unspecified atom stereocenters. The van der Waals surface area contributed by atoms with Crippen molar-refractivity contribution in [2.24, 2.45) is 0 Å². The lowest BCUT2D eigenvalue weighted by molar-refractivity contribution is 0.101. The topological polar surface area (TPSA) is 57.9 Å². The molecule has 0 radical (unpaired) electrons. The molecule has 1 rings (SSSR count). The predicted octanol–water partition coefficient (Wildman–Crippen LogP) is 2.55. The van der Waals surface area contributed by atoms with E-state index < -0.39 is 0 Å². The highest BCUT2D eigenvalue weighted by atomic mass is 127. The summed E-state index contributed by atoms with van der Waals surface area (Å²) in [6.45, 7) is 0.